The molecule has 184 valence electrons. The van der Waals surface area contributed by atoms with Crippen LogP contribution < -0.4 is 10.1 Å². The van der Waals surface area contributed by atoms with Gasteiger partial charge in [0, 0.05) is 40.1 Å². The van der Waals surface area contributed by atoms with E-state index in [0.29, 0.717) is 41.0 Å². The fraction of sp³-hybridized carbons (Fsp3) is 0.241. The van der Waals surface area contributed by atoms with Crippen molar-refractivity contribution in [2.24, 2.45) is 0 Å². The van der Waals surface area contributed by atoms with E-state index < -0.39 is 11.9 Å². The Morgan fingerprint density at radius 2 is 1.81 bits per heavy atom. The van der Waals surface area contributed by atoms with Crippen molar-refractivity contribution in [3.05, 3.63) is 111 Å². The number of rotatable bonds is 7. The van der Waals surface area contributed by atoms with E-state index in [1.54, 1.807) is 23.5 Å². The molecule has 2 heterocycles. The lowest BCUT2D eigenvalue weighted by Gasteiger charge is -2.36. The maximum Gasteiger partial charge on any atom is 0.336 e. The zero-order valence-electron chi connectivity index (χ0n) is 19.8. The van der Waals surface area contributed by atoms with E-state index in [1.807, 2.05) is 48.7 Å². The summed E-state index contributed by atoms with van der Waals surface area (Å²) in [6, 6.07) is 19.3. The number of Topliss-reactive ketones (excluding diaryl/α,β-unsaturated/α-hetero) is 1. The lowest BCUT2D eigenvalue weighted by molar-refractivity contribution is -0.140. The summed E-state index contributed by atoms with van der Waals surface area (Å²) >= 11 is 1.64. The lowest BCUT2D eigenvalue weighted by Crippen LogP contribution is -2.36. The molecule has 1 aliphatic heterocycles. The van der Waals surface area contributed by atoms with E-state index in [-0.39, 0.29) is 30.7 Å². The Morgan fingerprint density at radius 3 is 2.53 bits per heavy atom. The van der Waals surface area contributed by atoms with E-state index in [2.05, 4.69) is 11.4 Å². The number of allylic oxidation sites excluding steroid dienone is 3. The first-order valence-corrected chi connectivity index (χ1v) is 12.8. The first-order chi connectivity index (χ1) is 17.5. The van der Waals surface area contributed by atoms with E-state index in [0.717, 1.165) is 5.70 Å². The van der Waals surface area contributed by atoms with Crippen molar-refractivity contribution in [2.75, 3.05) is 13.2 Å². The van der Waals surface area contributed by atoms with Crippen LogP contribution in [0, 0.1) is 5.82 Å². The molecule has 0 spiro atoms. The van der Waals surface area contributed by atoms with Gasteiger partial charge in [0.25, 0.3) is 0 Å². The van der Waals surface area contributed by atoms with Gasteiger partial charge in [0.1, 0.15) is 24.8 Å². The number of hydrogen-bond donors (Lipinski definition) is 1. The van der Waals surface area contributed by atoms with E-state index >= 15 is 0 Å². The van der Waals surface area contributed by atoms with Crippen molar-refractivity contribution in [3.63, 3.8) is 0 Å². The Morgan fingerprint density at radius 1 is 1.03 bits per heavy atom. The largest absolute Gasteiger partial charge is 0.490 e. The molecule has 1 aromatic heterocycles. The third-order valence-electron chi connectivity index (χ3n) is 6.52. The summed E-state index contributed by atoms with van der Waals surface area (Å²) in [6.07, 6.45) is 1.04. The Labute approximate surface area is 213 Å². The molecule has 2 atom stereocenters. The molecule has 2 aromatic carbocycles. The van der Waals surface area contributed by atoms with Gasteiger partial charge in [-0.1, -0.05) is 36.4 Å². The van der Waals surface area contributed by atoms with Crippen LogP contribution in [0.5, 0.6) is 5.75 Å². The zero-order chi connectivity index (χ0) is 25.1. The molecule has 7 heteroatoms. The van der Waals surface area contributed by atoms with Crippen LogP contribution in [0.3, 0.4) is 0 Å². The summed E-state index contributed by atoms with van der Waals surface area (Å²) in [5, 5.41) is 5.35. The van der Waals surface area contributed by atoms with Crippen molar-refractivity contribution in [1.29, 1.82) is 0 Å². The third-order valence-corrected chi connectivity index (χ3v) is 7.56. The molecule has 0 saturated carbocycles. The van der Waals surface area contributed by atoms with Crippen LogP contribution in [-0.4, -0.2) is 25.0 Å². The number of carbonyl (C=O) groups is 2. The standard InChI is InChI=1S/C29H26FNO4S/c1-18-26(29(33)35-14-13-34-22-6-3-2-4-7-22)27(19-9-11-21(30)12-10-19)28-23(31-18)16-20(17-24(28)32)25-8-5-15-36-25/h2-12,15,20,27,31H,13-14,16-17H2,1H3/t20-,27-/m1/s1. The highest BCUT2D eigenvalue weighted by Crippen LogP contribution is 2.46. The van der Waals surface area contributed by atoms with Gasteiger partial charge in [0.05, 0.1) is 5.57 Å². The highest BCUT2D eigenvalue weighted by Gasteiger charge is 2.41. The number of thiophene rings is 1. The maximum atomic E-state index is 13.7. The predicted molar refractivity (Wildman–Crippen MR) is 136 cm³/mol. The van der Waals surface area contributed by atoms with E-state index in [9.17, 15) is 14.0 Å². The molecule has 0 bridgehead atoms. The van der Waals surface area contributed by atoms with E-state index in [4.69, 9.17) is 9.47 Å². The minimum Gasteiger partial charge on any atom is -0.490 e. The minimum absolute atomic E-state index is 0.0123. The van der Waals surface area contributed by atoms with Gasteiger partial charge in [0.15, 0.2) is 5.78 Å². The second-order valence-corrected chi connectivity index (χ2v) is 9.86. The second kappa shape index (κ2) is 10.5. The van der Waals surface area contributed by atoms with Crippen LogP contribution in [0.1, 0.15) is 42.0 Å². The molecule has 0 amide bonds. The van der Waals surface area contributed by atoms with E-state index in [1.165, 1.54) is 17.0 Å². The fourth-order valence-electron chi connectivity index (χ4n) is 4.91. The number of benzene rings is 2. The summed E-state index contributed by atoms with van der Waals surface area (Å²) < 4.78 is 25.0. The molecular weight excluding hydrogens is 477 g/mol. The molecule has 0 unspecified atom stereocenters. The number of dihydropyridines is 1. The van der Waals surface area contributed by atoms with Gasteiger partial charge < -0.3 is 14.8 Å². The monoisotopic (exact) mass is 503 g/mol. The van der Waals surface area contributed by atoms with Gasteiger partial charge in [-0.3, -0.25) is 4.79 Å². The zero-order valence-corrected chi connectivity index (χ0v) is 20.6. The van der Waals surface area contributed by atoms with Crippen LogP contribution >= 0.6 is 11.3 Å². The number of nitrogens with one attached hydrogen (secondary N) is 1. The topological polar surface area (TPSA) is 64.6 Å². The maximum absolute atomic E-state index is 13.7. The van der Waals surface area contributed by atoms with Crippen molar-refractivity contribution < 1.29 is 23.5 Å². The molecule has 0 radical (unpaired) electrons. The summed E-state index contributed by atoms with van der Waals surface area (Å²) in [5.41, 5.74) is 3.06. The van der Waals surface area contributed by atoms with Crippen LogP contribution in [0.2, 0.25) is 0 Å². The number of ketones is 1. The Balaban J connectivity index is 1.40. The summed E-state index contributed by atoms with van der Waals surface area (Å²) in [4.78, 5) is 28.0. The van der Waals surface area contributed by atoms with Crippen LogP contribution in [0.4, 0.5) is 4.39 Å². The van der Waals surface area contributed by atoms with Crippen LogP contribution in [0.25, 0.3) is 0 Å². The molecule has 5 nitrogen and oxygen atoms in total. The molecule has 5 rings (SSSR count). The Bertz CT molecular complexity index is 1310. The lowest BCUT2D eigenvalue weighted by atomic mass is 9.72. The molecule has 0 saturated heterocycles. The van der Waals surface area contributed by atoms with Crippen molar-refractivity contribution in [1.82, 2.24) is 5.32 Å². The van der Waals surface area contributed by atoms with Gasteiger partial charge in [0.2, 0.25) is 0 Å². The number of halogens is 1. The van der Waals surface area contributed by atoms with Gasteiger partial charge in [-0.25, -0.2) is 9.18 Å². The molecule has 3 aromatic rings. The number of carbonyl (C=O) groups excluding carboxylic acids is 2. The first-order valence-electron chi connectivity index (χ1n) is 11.9. The van der Waals surface area contributed by atoms with Crippen molar-refractivity contribution in [2.45, 2.75) is 31.6 Å². The van der Waals surface area contributed by atoms with Gasteiger partial charge in [-0.05, 0) is 54.6 Å². The molecule has 1 N–H and O–H groups in total. The molecule has 0 fully saturated rings. The average Bonchev–Trinajstić information content (AvgIpc) is 3.42. The third kappa shape index (κ3) is 4.97. The summed E-state index contributed by atoms with van der Waals surface area (Å²) in [7, 11) is 0. The molecule has 1 aliphatic carbocycles. The highest BCUT2D eigenvalue weighted by atomic mass is 32.1. The van der Waals surface area contributed by atoms with Gasteiger partial charge >= 0.3 is 5.97 Å². The highest BCUT2D eigenvalue weighted by molar-refractivity contribution is 7.10. The van der Waals surface area contributed by atoms with Crippen LogP contribution in [-0.2, 0) is 14.3 Å². The first kappa shape index (κ1) is 24.0. The number of hydrogen-bond acceptors (Lipinski definition) is 6. The fourth-order valence-corrected chi connectivity index (χ4v) is 5.74. The second-order valence-electron chi connectivity index (χ2n) is 8.88. The quantitative estimate of drug-likeness (QED) is 0.323. The molecular formula is C29H26FNO4S. The Hall–Kier alpha value is -3.71. The van der Waals surface area contributed by atoms with Crippen molar-refractivity contribution in [3.8, 4) is 5.75 Å². The van der Waals surface area contributed by atoms with Gasteiger partial charge in [-0.15, -0.1) is 11.3 Å². The molecule has 36 heavy (non-hydrogen) atoms. The smallest absolute Gasteiger partial charge is 0.336 e. The van der Waals surface area contributed by atoms with Crippen LogP contribution in [0.15, 0.2) is 94.7 Å². The average molecular weight is 504 g/mol. The molecule has 2 aliphatic rings. The Kier molecular flexibility index (Phi) is 7.00. The van der Waals surface area contributed by atoms with Gasteiger partial charge in [-0.2, -0.15) is 0 Å². The normalized spacial score (nSPS) is 19.6. The summed E-state index contributed by atoms with van der Waals surface area (Å²) in [5.74, 6) is -0.754. The SMILES string of the molecule is CC1=C(C(=O)OCCOc2ccccc2)[C@@H](c2ccc(F)cc2)C2=C(C[C@@H](c3cccs3)CC2=O)N1. The predicted octanol–water partition coefficient (Wildman–Crippen LogP) is 5.87. The number of para-hydroxylation sites is 1. The van der Waals surface area contributed by atoms with Crippen molar-refractivity contribution >= 4 is 23.1 Å². The number of esters is 1. The summed E-state index contributed by atoms with van der Waals surface area (Å²) in [6.45, 7) is 2.07. The minimum atomic E-state index is -0.624. The number of ether oxygens (including phenoxy) is 2.